The zero-order valence-electron chi connectivity index (χ0n) is 12.3. The molecule has 1 saturated heterocycles. The molecule has 0 bridgehead atoms. The minimum atomic E-state index is 0.144. The molecule has 2 atom stereocenters. The number of benzene rings is 1. The molecule has 0 saturated carbocycles. The van der Waals surface area contributed by atoms with Gasteiger partial charge in [0.1, 0.15) is 12.4 Å². The van der Waals surface area contributed by atoms with Crippen molar-refractivity contribution >= 4 is 5.91 Å². The maximum Gasteiger partial charge on any atom is 0.223 e. The standard InChI is InChI=1S/C16H24N2O2/c1-12-3-5-15(6-4-12)20-10-9-18-16(19)14-7-8-17-13(2)11-14/h3-6,13-14,17H,7-11H2,1-2H3,(H,18,19)/t13-,14-/m0/s1. The topological polar surface area (TPSA) is 50.4 Å². The second-order valence-electron chi connectivity index (χ2n) is 5.53. The average molecular weight is 276 g/mol. The molecule has 0 radical (unpaired) electrons. The Morgan fingerprint density at radius 1 is 1.40 bits per heavy atom. The summed E-state index contributed by atoms with van der Waals surface area (Å²) in [6, 6.07) is 8.37. The molecule has 110 valence electrons. The molecular weight excluding hydrogens is 252 g/mol. The Morgan fingerprint density at radius 2 is 2.15 bits per heavy atom. The number of ether oxygens (including phenoxy) is 1. The van der Waals surface area contributed by atoms with E-state index in [1.54, 1.807) is 0 Å². The van der Waals surface area contributed by atoms with Crippen molar-refractivity contribution in [2.75, 3.05) is 19.7 Å². The summed E-state index contributed by atoms with van der Waals surface area (Å²) in [7, 11) is 0. The highest BCUT2D eigenvalue weighted by molar-refractivity contribution is 5.78. The molecule has 0 aromatic heterocycles. The molecule has 1 aromatic carbocycles. The van der Waals surface area contributed by atoms with Crippen LogP contribution in [0.1, 0.15) is 25.3 Å². The minimum Gasteiger partial charge on any atom is -0.492 e. The smallest absolute Gasteiger partial charge is 0.223 e. The number of hydrogen-bond donors (Lipinski definition) is 2. The lowest BCUT2D eigenvalue weighted by atomic mass is 9.92. The summed E-state index contributed by atoms with van der Waals surface area (Å²) in [5, 5.41) is 6.32. The number of carbonyl (C=O) groups excluding carboxylic acids is 1. The van der Waals surface area contributed by atoms with Gasteiger partial charge in [-0.3, -0.25) is 4.79 Å². The fourth-order valence-electron chi connectivity index (χ4n) is 2.49. The van der Waals surface area contributed by atoms with E-state index < -0.39 is 0 Å². The molecule has 0 aliphatic carbocycles. The van der Waals surface area contributed by atoms with Gasteiger partial charge in [-0.25, -0.2) is 0 Å². The third-order valence-electron chi connectivity index (χ3n) is 3.69. The van der Waals surface area contributed by atoms with Crippen molar-refractivity contribution in [1.29, 1.82) is 0 Å². The van der Waals surface area contributed by atoms with E-state index in [2.05, 4.69) is 17.6 Å². The molecule has 1 aliphatic heterocycles. The molecule has 1 fully saturated rings. The summed E-state index contributed by atoms with van der Waals surface area (Å²) in [6.45, 7) is 6.17. The Labute approximate surface area is 120 Å². The second kappa shape index (κ2) is 7.29. The van der Waals surface area contributed by atoms with Crippen LogP contribution in [-0.4, -0.2) is 31.6 Å². The SMILES string of the molecule is Cc1ccc(OCCNC(=O)[C@H]2CCN[C@@H](C)C2)cc1. The third kappa shape index (κ3) is 4.53. The summed E-state index contributed by atoms with van der Waals surface area (Å²) in [4.78, 5) is 12.0. The normalized spacial score (nSPS) is 22.3. The molecule has 1 aliphatic rings. The molecule has 20 heavy (non-hydrogen) atoms. The highest BCUT2D eigenvalue weighted by Gasteiger charge is 2.24. The number of piperidine rings is 1. The lowest BCUT2D eigenvalue weighted by Crippen LogP contribution is -2.43. The highest BCUT2D eigenvalue weighted by atomic mass is 16.5. The quantitative estimate of drug-likeness (QED) is 0.807. The highest BCUT2D eigenvalue weighted by Crippen LogP contribution is 2.16. The summed E-state index contributed by atoms with van der Waals surface area (Å²) < 4.78 is 5.59. The lowest BCUT2D eigenvalue weighted by Gasteiger charge is -2.27. The predicted molar refractivity (Wildman–Crippen MR) is 79.9 cm³/mol. The van der Waals surface area contributed by atoms with Crippen LogP contribution in [0.25, 0.3) is 0 Å². The molecule has 1 amide bonds. The molecular formula is C16H24N2O2. The summed E-state index contributed by atoms with van der Waals surface area (Å²) in [5.41, 5.74) is 1.21. The van der Waals surface area contributed by atoms with Gasteiger partial charge in [0, 0.05) is 12.0 Å². The number of amides is 1. The van der Waals surface area contributed by atoms with Crippen molar-refractivity contribution in [2.24, 2.45) is 5.92 Å². The van der Waals surface area contributed by atoms with E-state index in [1.165, 1.54) is 5.56 Å². The molecule has 2 N–H and O–H groups in total. The van der Waals surface area contributed by atoms with Crippen LogP contribution < -0.4 is 15.4 Å². The number of aryl methyl sites for hydroxylation is 1. The van der Waals surface area contributed by atoms with E-state index in [0.29, 0.717) is 19.2 Å². The van der Waals surface area contributed by atoms with E-state index in [0.717, 1.165) is 25.1 Å². The molecule has 2 rings (SSSR count). The first-order valence-corrected chi connectivity index (χ1v) is 7.35. The van der Waals surface area contributed by atoms with Gasteiger partial charge < -0.3 is 15.4 Å². The first-order chi connectivity index (χ1) is 9.65. The van der Waals surface area contributed by atoms with Gasteiger partial charge in [0.25, 0.3) is 0 Å². The third-order valence-corrected chi connectivity index (χ3v) is 3.69. The van der Waals surface area contributed by atoms with E-state index in [9.17, 15) is 4.79 Å². The van der Waals surface area contributed by atoms with E-state index in [4.69, 9.17) is 4.74 Å². The van der Waals surface area contributed by atoms with Gasteiger partial charge in [0.15, 0.2) is 0 Å². The number of rotatable bonds is 5. The Bertz CT molecular complexity index is 431. The van der Waals surface area contributed by atoms with E-state index in [1.807, 2.05) is 31.2 Å². The Morgan fingerprint density at radius 3 is 2.85 bits per heavy atom. The Balaban J connectivity index is 1.65. The maximum atomic E-state index is 12.0. The number of hydrogen-bond acceptors (Lipinski definition) is 3. The van der Waals surface area contributed by atoms with Crippen LogP contribution >= 0.6 is 0 Å². The molecule has 4 nitrogen and oxygen atoms in total. The molecule has 1 aromatic rings. The fraction of sp³-hybridized carbons (Fsp3) is 0.562. The van der Waals surface area contributed by atoms with Crippen LogP contribution in [0.2, 0.25) is 0 Å². The van der Waals surface area contributed by atoms with Gasteiger partial charge >= 0.3 is 0 Å². The van der Waals surface area contributed by atoms with Crippen molar-refractivity contribution < 1.29 is 9.53 Å². The fourth-order valence-corrected chi connectivity index (χ4v) is 2.49. The van der Waals surface area contributed by atoms with Crippen LogP contribution in [0.4, 0.5) is 0 Å². The molecule has 1 heterocycles. The Hall–Kier alpha value is -1.55. The van der Waals surface area contributed by atoms with E-state index in [-0.39, 0.29) is 11.8 Å². The maximum absolute atomic E-state index is 12.0. The largest absolute Gasteiger partial charge is 0.492 e. The van der Waals surface area contributed by atoms with Gasteiger partial charge in [-0.05, 0) is 45.4 Å². The van der Waals surface area contributed by atoms with Gasteiger partial charge in [0.2, 0.25) is 5.91 Å². The van der Waals surface area contributed by atoms with Gasteiger partial charge in [-0.15, -0.1) is 0 Å². The van der Waals surface area contributed by atoms with Gasteiger partial charge in [0.05, 0.1) is 6.54 Å². The van der Waals surface area contributed by atoms with Crippen molar-refractivity contribution in [3.63, 3.8) is 0 Å². The average Bonchev–Trinajstić information content (AvgIpc) is 2.45. The summed E-state index contributed by atoms with van der Waals surface area (Å²) >= 11 is 0. The predicted octanol–water partition coefficient (Wildman–Crippen LogP) is 1.88. The first kappa shape index (κ1) is 14.9. The monoisotopic (exact) mass is 276 g/mol. The van der Waals surface area contributed by atoms with Crippen LogP contribution in [0, 0.1) is 12.8 Å². The van der Waals surface area contributed by atoms with Gasteiger partial charge in [-0.1, -0.05) is 17.7 Å². The zero-order chi connectivity index (χ0) is 14.4. The van der Waals surface area contributed by atoms with Crippen molar-refractivity contribution in [1.82, 2.24) is 10.6 Å². The molecule has 4 heteroatoms. The number of nitrogens with one attached hydrogen (secondary N) is 2. The summed E-state index contributed by atoms with van der Waals surface area (Å²) in [5.74, 6) is 1.15. The van der Waals surface area contributed by atoms with Crippen molar-refractivity contribution in [3.05, 3.63) is 29.8 Å². The van der Waals surface area contributed by atoms with E-state index >= 15 is 0 Å². The zero-order valence-corrected chi connectivity index (χ0v) is 12.3. The summed E-state index contributed by atoms with van der Waals surface area (Å²) in [6.07, 6.45) is 1.85. The molecule has 0 unspecified atom stereocenters. The van der Waals surface area contributed by atoms with Crippen molar-refractivity contribution in [2.45, 2.75) is 32.7 Å². The van der Waals surface area contributed by atoms with Gasteiger partial charge in [-0.2, -0.15) is 0 Å². The van der Waals surface area contributed by atoms with Crippen LogP contribution in [0.5, 0.6) is 5.75 Å². The lowest BCUT2D eigenvalue weighted by molar-refractivity contribution is -0.126. The minimum absolute atomic E-state index is 0.144. The number of carbonyl (C=O) groups is 1. The molecule has 0 spiro atoms. The van der Waals surface area contributed by atoms with Crippen LogP contribution in [-0.2, 0) is 4.79 Å². The Kier molecular flexibility index (Phi) is 5.41. The first-order valence-electron chi connectivity index (χ1n) is 7.35. The van der Waals surface area contributed by atoms with Crippen molar-refractivity contribution in [3.8, 4) is 5.75 Å². The van der Waals surface area contributed by atoms with Crippen LogP contribution in [0.15, 0.2) is 24.3 Å². The van der Waals surface area contributed by atoms with Crippen LogP contribution in [0.3, 0.4) is 0 Å². The second-order valence-corrected chi connectivity index (χ2v) is 5.53.